The Morgan fingerprint density at radius 3 is 3.06 bits per heavy atom. The molecule has 2 heterocycles. The van der Waals surface area contributed by atoms with Crippen molar-refractivity contribution < 1.29 is 4.79 Å². The number of urea groups is 1. The fourth-order valence-corrected chi connectivity index (χ4v) is 2.24. The Balaban J connectivity index is 1.86. The largest absolute Gasteiger partial charge is 0.332 e. The third-order valence-corrected chi connectivity index (χ3v) is 3.41. The van der Waals surface area contributed by atoms with Gasteiger partial charge in [0.25, 0.3) is 0 Å². The van der Waals surface area contributed by atoms with Crippen LogP contribution in [0.15, 0.2) is 12.3 Å². The molecule has 5 nitrogen and oxygen atoms in total. The van der Waals surface area contributed by atoms with E-state index in [2.05, 4.69) is 17.3 Å². The summed E-state index contributed by atoms with van der Waals surface area (Å²) in [5.74, 6) is 0. The number of nitrogens with zero attached hydrogens (tertiary/aromatic N) is 3. The molecule has 1 atom stereocenters. The summed E-state index contributed by atoms with van der Waals surface area (Å²) in [5, 5.41) is 7.03. The van der Waals surface area contributed by atoms with E-state index in [1.807, 2.05) is 18.0 Å². The molecule has 94 valence electrons. The van der Waals surface area contributed by atoms with E-state index in [4.69, 9.17) is 0 Å². The Labute approximate surface area is 102 Å². The summed E-state index contributed by atoms with van der Waals surface area (Å²) < 4.78 is 1.78. The molecule has 1 aliphatic rings. The zero-order chi connectivity index (χ0) is 12.3. The number of aryl methyl sites for hydroxylation is 1. The van der Waals surface area contributed by atoms with Gasteiger partial charge in [-0.25, -0.2) is 4.79 Å². The summed E-state index contributed by atoms with van der Waals surface area (Å²) >= 11 is 0. The maximum atomic E-state index is 12.0. The van der Waals surface area contributed by atoms with Crippen molar-refractivity contribution in [2.45, 2.75) is 38.8 Å². The minimum atomic E-state index is 0.0402. The lowest BCUT2D eigenvalue weighted by atomic mass is 10.0. The Bertz CT molecular complexity index is 388. The number of hydrogen-bond donors (Lipinski definition) is 1. The van der Waals surface area contributed by atoms with Crippen molar-refractivity contribution in [1.82, 2.24) is 20.0 Å². The second-order valence-corrected chi connectivity index (χ2v) is 4.64. The lowest BCUT2D eigenvalue weighted by Crippen LogP contribution is -2.47. The fraction of sp³-hybridized carbons (Fsp3) is 0.667. The van der Waals surface area contributed by atoms with Gasteiger partial charge in [0.1, 0.15) is 0 Å². The average Bonchev–Trinajstić information content (AvgIpc) is 2.72. The summed E-state index contributed by atoms with van der Waals surface area (Å²) in [6.45, 7) is 3.53. The van der Waals surface area contributed by atoms with Crippen LogP contribution >= 0.6 is 0 Å². The molecule has 2 amide bonds. The van der Waals surface area contributed by atoms with Crippen molar-refractivity contribution in [3.8, 4) is 0 Å². The molecule has 1 unspecified atom stereocenters. The van der Waals surface area contributed by atoms with Gasteiger partial charge in [-0.05, 0) is 32.3 Å². The number of likely N-dealkylation sites (tertiary alicyclic amines) is 1. The minimum absolute atomic E-state index is 0.0402. The Morgan fingerprint density at radius 2 is 2.41 bits per heavy atom. The van der Waals surface area contributed by atoms with Crippen LogP contribution < -0.4 is 5.32 Å². The normalized spacial score (nSPS) is 20.4. The van der Waals surface area contributed by atoms with E-state index >= 15 is 0 Å². The van der Waals surface area contributed by atoms with Crippen LogP contribution in [0.5, 0.6) is 0 Å². The molecule has 17 heavy (non-hydrogen) atoms. The van der Waals surface area contributed by atoms with Gasteiger partial charge in [-0.3, -0.25) is 4.68 Å². The Morgan fingerprint density at radius 1 is 1.59 bits per heavy atom. The minimum Gasteiger partial charge on any atom is -0.332 e. The van der Waals surface area contributed by atoms with E-state index < -0.39 is 0 Å². The van der Waals surface area contributed by atoms with Gasteiger partial charge < -0.3 is 10.2 Å². The monoisotopic (exact) mass is 236 g/mol. The quantitative estimate of drug-likeness (QED) is 0.846. The topological polar surface area (TPSA) is 50.2 Å². The number of nitrogens with one attached hydrogen (secondary N) is 1. The molecule has 1 fully saturated rings. The molecule has 0 bridgehead atoms. The smallest absolute Gasteiger partial charge is 0.317 e. The highest BCUT2D eigenvalue weighted by atomic mass is 16.2. The zero-order valence-corrected chi connectivity index (χ0v) is 10.5. The predicted octanol–water partition coefficient (Wildman–Crippen LogP) is 1.50. The van der Waals surface area contributed by atoms with Crippen LogP contribution in [-0.4, -0.2) is 33.3 Å². The number of hydrogen-bond acceptors (Lipinski definition) is 2. The highest BCUT2D eigenvalue weighted by molar-refractivity contribution is 5.74. The van der Waals surface area contributed by atoms with E-state index in [0.29, 0.717) is 12.6 Å². The van der Waals surface area contributed by atoms with Crippen molar-refractivity contribution >= 4 is 6.03 Å². The highest BCUT2D eigenvalue weighted by Gasteiger charge is 2.22. The van der Waals surface area contributed by atoms with E-state index in [9.17, 15) is 4.79 Å². The maximum absolute atomic E-state index is 12.0. The molecule has 1 aromatic rings. The van der Waals surface area contributed by atoms with Gasteiger partial charge in [0, 0.05) is 25.8 Å². The van der Waals surface area contributed by atoms with E-state index in [-0.39, 0.29) is 6.03 Å². The molecule has 0 aromatic carbocycles. The summed E-state index contributed by atoms with van der Waals surface area (Å²) in [6, 6.07) is 2.31. The van der Waals surface area contributed by atoms with Crippen LogP contribution in [0, 0.1) is 0 Å². The molecule has 2 rings (SSSR count). The number of amides is 2. The number of carbonyl (C=O) groups excluding carboxylic acids is 1. The molecule has 5 heteroatoms. The predicted molar refractivity (Wildman–Crippen MR) is 65.5 cm³/mol. The van der Waals surface area contributed by atoms with Crippen LogP contribution in [0.1, 0.15) is 31.9 Å². The molecule has 0 radical (unpaired) electrons. The third kappa shape index (κ3) is 2.78. The standard InChI is InChI=1S/C12H20N4O/c1-10-5-3-4-8-16(10)12(17)13-9-11-6-7-14-15(11)2/h6-7,10H,3-5,8-9H2,1-2H3,(H,13,17). The average molecular weight is 236 g/mol. The summed E-state index contributed by atoms with van der Waals surface area (Å²) in [4.78, 5) is 13.9. The second-order valence-electron chi connectivity index (χ2n) is 4.64. The lowest BCUT2D eigenvalue weighted by Gasteiger charge is -2.33. The summed E-state index contributed by atoms with van der Waals surface area (Å²) in [7, 11) is 1.88. The zero-order valence-electron chi connectivity index (χ0n) is 10.5. The number of rotatable bonds is 2. The van der Waals surface area contributed by atoms with Crippen molar-refractivity contribution in [3.05, 3.63) is 18.0 Å². The van der Waals surface area contributed by atoms with Crippen molar-refractivity contribution in [2.24, 2.45) is 7.05 Å². The van der Waals surface area contributed by atoms with Crippen LogP contribution in [0.2, 0.25) is 0 Å². The molecule has 1 N–H and O–H groups in total. The van der Waals surface area contributed by atoms with Crippen molar-refractivity contribution in [3.63, 3.8) is 0 Å². The Hall–Kier alpha value is -1.52. The van der Waals surface area contributed by atoms with Crippen LogP contribution in [0.3, 0.4) is 0 Å². The van der Waals surface area contributed by atoms with Crippen LogP contribution in [0.4, 0.5) is 4.79 Å². The van der Waals surface area contributed by atoms with Gasteiger partial charge in [0.2, 0.25) is 0 Å². The first-order valence-electron chi connectivity index (χ1n) is 6.20. The van der Waals surface area contributed by atoms with Gasteiger partial charge in [0.05, 0.1) is 12.2 Å². The molecular formula is C12H20N4O. The second kappa shape index (κ2) is 5.21. The first-order valence-corrected chi connectivity index (χ1v) is 6.20. The van der Waals surface area contributed by atoms with Gasteiger partial charge in [0.15, 0.2) is 0 Å². The van der Waals surface area contributed by atoms with E-state index in [0.717, 1.165) is 25.1 Å². The van der Waals surface area contributed by atoms with Gasteiger partial charge in [-0.15, -0.1) is 0 Å². The molecular weight excluding hydrogens is 216 g/mol. The van der Waals surface area contributed by atoms with E-state index in [1.54, 1.807) is 10.9 Å². The van der Waals surface area contributed by atoms with Gasteiger partial charge in [-0.1, -0.05) is 0 Å². The number of aromatic nitrogens is 2. The first-order chi connectivity index (χ1) is 8.18. The van der Waals surface area contributed by atoms with Gasteiger partial charge in [-0.2, -0.15) is 5.10 Å². The number of carbonyl (C=O) groups is 1. The SMILES string of the molecule is CC1CCCCN1C(=O)NCc1ccnn1C. The summed E-state index contributed by atoms with van der Waals surface area (Å²) in [5.41, 5.74) is 1.02. The fourth-order valence-electron chi connectivity index (χ4n) is 2.24. The number of piperidine rings is 1. The third-order valence-electron chi connectivity index (χ3n) is 3.41. The highest BCUT2D eigenvalue weighted by Crippen LogP contribution is 2.16. The molecule has 1 aromatic heterocycles. The van der Waals surface area contributed by atoms with Crippen molar-refractivity contribution in [2.75, 3.05) is 6.54 Å². The molecule has 1 aliphatic heterocycles. The molecule has 0 aliphatic carbocycles. The van der Waals surface area contributed by atoms with Gasteiger partial charge >= 0.3 is 6.03 Å². The van der Waals surface area contributed by atoms with Crippen LogP contribution in [0.25, 0.3) is 0 Å². The molecule has 0 spiro atoms. The lowest BCUT2D eigenvalue weighted by molar-refractivity contribution is 0.157. The van der Waals surface area contributed by atoms with E-state index in [1.165, 1.54) is 6.42 Å². The molecule has 0 saturated carbocycles. The summed E-state index contributed by atoms with van der Waals surface area (Å²) in [6.07, 6.45) is 5.19. The Kier molecular flexibility index (Phi) is 3.66. The molecule has 1 saturated heterocycles. The van der Waals surface area contributed by atoms with Crippen LogP contribution in [-0.2, 0) is 13.6 Å². The first kappa shape index (κ1) is 12.0. The van der Waals surface area contributed by atoms with Crippen molar-refractivity contribution in [1.29, 1.82) is 0 Å². The maximum Gasteiger partial charge on any atom is 0.317 e.